The number of aromatic nitrogens is 2. The van der Waals surface area contributed by atoms with E-state index in [0.29, 0.717) is 6.42 Å². The van der Waals surface area contributed by atoms with E-state index in [2.05, 4.69) is 20.4 Å². The highest BCUT2D eigenvalue weighted by atomic mass is 16.5. The smallest absolute Gasteiger partial charge is 0.226 e. The van der Waals surface area contributed by atoms with Gasteiger partial charge < -0.3 is 10.1 Å². The molecule has 0 radical (unpaired) electrons. The molecule has 0 atom stereocenters. The number of para-hydroxylation sites is 1. The van der Waals surface area contributed by atoms with Crippen LogP contribution in [0.3, 0.4) is 0 Å². The molecule has 2 aromatic rings. The van der Waals surface area contributed by atoms with E-state index in [1.165, 1.54) is 12.8 Å². The van der Waals surface area contributed by atoms with Gasteiger partial charge in [-0.15, -0.1) is 0 Å². The topological polar surface area (TPSA) is 70.2 Å². The van der Waals surface area contributed by atoms with Gasteiger partial charge in [0.05, 0.1) is 30.8 Å². The van der Waals surface area contributed by atoms with Crippen molar-refractivity contribution in [1.82, 2.24) is 20.4 Å². The largest absolute Gasteiger partial charge is 0.379 e. The summed E-state index contributed by atoms with van der Waals surface area (Å²) in [5.41, 5.74) is 1.96. The van der Waals surface area contributed by atoms with Gasteiger partial charge in [0.2, 0.25) is 5.91 Å². The Kier molecular flexibility index (Phi) is 3.79. The summed E-state index contributed by atoms with van der Waals surface area (Å²) in [7, 11) is 0. The molecule has 1 aliphatic heterocycles. The van der Waals surface area contributed by atoms with Crippen molar-refractivity contribution in [2.24, 2.45) is 0 Å². The predicted molar refractivity (Wildman–Crippen MR) is 87.2 cm³/mol. The second kappa shape index (κ2) is 5.94. The number of aromatic amines is 1. The number of amides is 1. The maximum Gasteiger partial charge on any atom is 0.226 e. The monoisotopic (exact) mass is 314 g/mol. The maximum absolute atomic E-state index is 12.3. The fourth-order valence-corrected chi connectivity index (χ4v) is 3.42. The van der Waals surface area contributed by atoms with E-state index >= 15 is 0 Å². The highest BCUT2D eigenvalue weighted by molar-refractivity contribution is 5.87. The highest BCUT2D eigenvalue weighted by Crippen LogP contribution is 2.41. The average Bonchev–Trinajstić information content (AvgIpc) is 3.30. The van der Waals surface area contributed by atoms with Crippen molar-refractivity contribution in [2.75, 3.05) is 32.8 Å². The lowest BCUT2D eigenvalue weighted by Gasteiger charge is -2.35. The van der Waals surface area contributed by atoms with Crippen molar-refractivity contribution in [1.29, 1.82) is 0 Å². The van der Waals surface area contributed by atoms with Crippen LogP contribution in [0.2, 0.25) is 0 Å². The predicted octanol–water partition coefficient (Wildman–Crippen LogP) is 1.09. The third-order valence-electron chi connectivity index (χ3n) is 5.00. The first-order chi connectivity index (χ1) is 11.3. The number of rotatable bonds is 5. The Morgan fingerprint density at radius 3 is 2.87 bits per heavy atom. The Balaban J connectivity index is 1.35. The molecule has 1 aromatic carbocycles. The molecule has 0 bridgehead atoms. The normalized spacial score (nSPS) is 20.5. The molecule has 2 fully saturated rings. The Labute approximate surface area is 135 Å². The molecule has 1 saturated heterocycles. The van der Waals surface area contributed by atoms with E-state index in [0.717, 1.165) is 49.4 Å². The van der Waals surface area contributed by atoms with Gasteiger partial charge in [0.25, 0.3) is 0 Å². The van der Waals surface area contributed by atoms with E-state index in [1.54, 1.807) is 0 Å². The van der Waals surface area contributed by atoms with Crippen molar-refractivity contribution < 1.29 is 9.53 Å². The molecule has 6 heteroatoms. The molecule has 23 heavy (non-hydrogen) atoms. The van der Waals surface area contributed by atoms with Gasteiger partial charge in [0, 0.05) is 30.6 Å². The van der Waals surface area contributed by atoms with Crippen LogP contribution >= 0.6 is 0 Å². The highest BCUT2D eigenvalue weighted by Gasteiger charge is 2.48. The average molecular weight is 314 g/mol. The summed E-state index contributed by atoms with van der Waals surface area (Å²) in [6, 6.07) is 7.87. The van der Waals surface area contributed by atoms with E-state index in [9.17, 15) is 4.79 Å². The zero-order valence-corrected chi connectivity index (χ0v) is 13.2. The number of hydrogen-bond acceptors (Lipinski definition) is 4. The van der Waals surface area contributed by atoms with E-state index in [4.69, 9.17) is 4.74 Å². The molecule has 2 aliphatic rings. The fraction of sp³-hybridized carbons (Fsp3) is 0.529. The molecule has 1 amide bonds. The summed E-state index contributed by atoms with van der Waals surface area (Å²) in [4.78, 5) is 14.8. The first-order valence-electron chi connectivity index (χ1n) is 8.28. The second-order valence-electron chi connectivity index (χ2n) is 6.50. The second-order valence-corrected chi connectivity index (χ2v) is 6.50. The van der Waals surface area contributed by atoms with Crippen LogP contribution in [0, 0.1) is 0 Å². The van der Waals surface area contributed by atoms with Gasteiger partial charge in [0.15, 0.2) is 0 Å². The van der Waals surface area contributed by atoms with Gasteiger partial charge in [-0.05, 0) is 18.9 Å². The summed E-state index contributed by atoms with van der Waals surface area (Å²) in [5, 5.41) is 11.4. The SMILES string of the molecule is O=C(Cc1[nH]nc2ccccc12)NCC1(N2CCOCC2)CC1. The number of H-pyrrole nitrogens is 1. The molecule has 1 saturated carbocycles. The number of hydrogen-bond donors (Lipinski definition) is 2. The number of nitrogens with zero attached hydrogens (tertiary/aromatic N) is 2. The standard InChI is InChI=1S/C17H22N4O2/c22-16(11-15-13-3-1-2-4-14(13)19-20-15)18-12-17(5-6-17)21-7-9-23-10-8-21/h1-4H,5-12H2,(H,18,22)(H,19,20). The van der Waals surface area contributed by atoms with Crippen LogP contribution < -0.4 is 5.32 Å². The Bertz CT molecular complexity index is 701. The minimum atomic E-state index is 0.0546. The summed E-state index contributed by atoms with van der Waals surface area (Å²) >= 11 is 0. The fourth-order valence-electron chi connectivity index (χ4n) is 3.42. The number of benzene rings is 1. The minimum absolute atomic E-state index is 0.0546. The molecule has 0 unspecified atom stereocenters. The summed E-state index contributed by atoms with van der Waals surface area (Å²) in [5.74, 6) is 0.0546. The number of carbonyl (C=O) groups is 1. The van der Waals surface area contributed by atoms with E-state index < -0.39 is 0 Å². The van der Waals surface area contributed by atoms with Crippen molar-refractivity contribution >= 4 is 16.8 Å². The lowest BCUT2D eigenvalue weighted by Crippen LogP contribution is -2.50. The zero-order chi connectivity index (χ0) is 15.7. The summed E-state index contributed by atoms with van der Waals surface area (Å²) in [6.45, 7) is 4.28. The molecular weight excluding hydrogens is 292 g/mol. The quantitative estimate of drug-likeness (QED) is 0.867. The molecule has 1 aliphatic carbocycles. The summed E-state index contributed by atoms with van der Waals surface area (Å²) in [6.07, 6.45) is 2.68. The number of morpholine rings is 1. The minimum Gasteiger partial charge on any atom is -0.379 e. The first-order valence-corrected chi connectivity index (χ1v) is 8.28. The third-order valence-corrected chi connectivity index (χ3v) is 5.00. The molecule has 4 rings (SSSR count). The first kappa shape index (κ1) is 14.7. The lowest BCUT2D eigenvalue weighted by atomic mass is 10.1. The molecule has 0 spiro atoms. The molecule has 2 N–H and O–H groups in total. The van der Waals surface area contributed by atoms with Crippen LogP contribution in [0.15, 0.2) is 24.3 Å². The van der Waals surface area contributed by atoms with E-state index in [-0.39, 0.29) is 11.4 Å². The van der Waals surface area contributed by atoms with Gasteiger partial charge in [-0.2, -0.15) is 5.10 Å². The molecule has 1 aromatic heterocycles. The number of carbonyl (C=O) groups excluding carboxylic acids is 1. The van der Waals surface area contributed by atoms with Crippen molar-refractivity contribution in [3.8, 4) is 0 Å². The number of nitrogens with one attached hydrogen (secondary N) is 2. The van der Waals surface area contributed by atoms with Gasteiger partial charge in [0.1, 0.15) is 0 Å². The Morgan fingerprint density at radius 2 is 2.09 bits per heavy atom. The van der Waals surface area contributed by atoms with Gasteiger partial charge in [-0.25, -0.2) is 0 Å². The Hall–Kier alpha value is -1.92. The Morgan fingerprint density at radius 1 is 1.30 bits per heavy atom. The molecular formula is C17H22N4O2. The number of fused-ring (bicyclic) bond motifs is 1. The van der Waals surface area contributed by atoms with Crippen LogP contribution in [-0.2, 0) is 16.0 Å². The summed E-state index contributed by atoms with van der Waals surface area (Å²) < 4.78 is 5.42. The third kappa shape index (κ3) is 2.96. The van der Waals surface area contributed by atoms with Crippen LogP contribution in [0.25, 0.3) is 10.9 Å². The van der Waals surface area contributed by atoms with Crippen LogP contribution in [0.5, 0.6) is 0 Å². The maximum atomic E-state index is 12.3. The van der Waals surface area contributed by atoms with Crippen molar-refractivity contribution in [3.05, 3.63) is 30.0 Å². The zero-order valence-electron chi connectivity index (χ0n) is 13.2. The lowest BCUT2D eigenvalue weighted by molar-refractivity contribution is -0.120. The van der Waals surface area contributed by atoms with Crippen molar-refractivity contribution in [2.45, 2.75) is 24.8 Å². The van der Waals surface area contributed by atoms with E-state index in [1.807, 2.05) is 24.3 Å². The van der Waals surface area contributed by atoms with Crippen LogP contribution in [-0.4, -0.2) is 59.4 Å². The van der Waals surface area contributed by atoms with Gasteiger partial charge in [-0.1, -0.05) is 18.2 Å². The van der Waals surface area contributed by atoms with Gasteiger partial charge >= 0.3 is 0 Å². The van der Waals surface area contributed by atoms with Crippen molar-refractivity contribution in [3.63, 3.8) is 0 Å². The van der Waals surface area contributed by atoms with Gasteiger partial charge in [-0.3, -0.25) is 14.8 Å². The van der Waals surface area contributed by atoms with Crippen LogP contribution in [0.1, 0.15) is 18.5 Å². The molecule has 6 nitrogen and oxygen atoms in total. The number of ether oxygens (including phenoxy) is 1. The molecule has 122 valence electrons. The molecule has 2 heterocycles. The van der Waals surface area contributed by atoms with Crippen LogP contribution in [0.4, 0.5) is 0 Å².